The predicted octanol–water partition coefficient (Wildman–Crippen LogP) is 0.400. The van der Waals surface area contributed by atoms with Crippen LogP contribution in [0.2, 0.25) is 0 Å². The van der Waals surface area contributed by atoms with E-state index in [0.29, 0.717) is 0 Å². The van der Waals surface area contributed by atoms with E-state index in [0.717, 1.165) is 32.2 Å². The first kappa shape index (κ1) is 11.0. The summed E-state index contributed by atoms with van der Waals surface area (Å²) in [5.41, 5.74) is 0. The van der Waals surface area contributed by atoms with Gasteiger partial charge in [-0.1, -0.05) is 0 Å². The van der Waals surface area contributed by atoms with E-state index >= 15 is 0 Å². The van der Waals surface area contributed by atoms with Crippen molar-refractivity contribution in [3.63, 3.8) is 0 Å². The summed E-state index contributed by atoms with van der Waals surface area (Å²) in [5.74, 6) is 0.824. The fourth-order valence-electron chi connectivity index (χ4n) is 1.09. The van der Waals surface area contributed by atoms with Crippen molar-refractivity contribution in [2.75, 3.05) is 45.7 Å². The highest BCUT2D eigenvalue weighted by atomic mass is 16.5. The molecule has 0 bridgehead atoms. The first-order valence-corrected chi connectivity index (χ1v) is 4.73. The molecule has 0 amide bonds. The lowest BCUT2D eigenvalue weighted by molar-refractivity contribution is 0.163. The molecular weight excluding hydrogens is 180 g/mol. The van der Waals surface area contributed by atoms with Crippen molar-refractivity contribution < 1.29 is 4.74 Å². The molecule has 0 atom stereocenters. The molecule has 0 aliphatic rings. The fraction of sp³-hybridized carbons (Fsp3) is 0.667. The van der Waals surface area contributed by atoms with Crippen molar-refractivity contribution >= 4 is 5.95 Å². The third kappa shape index (κ3) is 4.25. The zero-order valence-corrected chi connectivity index (χ0v) is 8.79. The van der Waals surface area contributed by atoms with Crippen LogP contribution in [0.15, 0.2) is 12.4 Å². The maximum atomic E-state index is 4.98. The number of anilines is 1. The Morgan fingerprint density at radius 3 is 3.07 bits per heavy atom. The number of aromatic nitrogens is 2. The summed E-state index contributed by atoms with van der Waals surface area (Å²) in [6, 6.07) is 0. The number of likely N-dealkylation sites (N-methyl/N-ethyl adjacent to an activating group) is 1. The van der Waals surface area contributed by atoms with Crippen LogP contribution in [0, 0.1) is 0 Å². The molecular formula is C9H18N4O. The van der Waals surface area contributed by atoms with Gasteiger partial charge in [-0.2, -0.15) is 0 Å². The van der Waals surface area contributed by atoms with E-state index in [4.69, 9.17) is 4.74 Å². The molecule has 1 aromatic rings. The summed E-state index contributed by atoms with van der Waals surface area (Å²) in [5, 5.41) is 3.18. The zero-order valence-electron chi connectivity index (χ0n) is 8.79. The summed E-state index contributed by atoms with van der Waals surface area (Å²) < 4.78 is 4.98. The van der Waals surface area contributed by atoms with Crippen LogP contribution in [0.4, 0.5) is 5.95 Å². The normalized spacial score (nSPS) is 10.8. The second-order valence-corrected chi connectivity index (χ2v) is 3.16. The third-order valence-electron chi connectivity index (χ3n) is 1.96. The minimum absolute atomic E-state index is 0.775. The van der Waals surface area contributed by atoms with Gasteiger partial charge in [0.15, 0.2) is 5.95 Å². The van der Waals surface area contributed by atoms with Gasteiger partial charge in [-0.25, -0.2) is 4.98 Å². The van der Waals surface area contributed by atoms with E-state index in [-0.39, 0.29) is 0 Å². The van der Waals surface area contributed by atoms with Gasteiger partial charge < -0.3 is 19.9 Å². The number of imidazole rings is 1. The number of rotatable bonds is 7. The SMILES string of the molecule is COCCN(C)CCNc1ncc[nH]1. The number of nitrogens with one attached hydrogen (secondary N) is 2. The van der Waals surface area contributed by atoms with Gasteiger partial charge in [-0.15, -0.1) is 0 Å². The Balaban J connectivity index is 2.03. The molecule has 1 rings (SSSR count). The van der Waals surface area contributed by atoms with Crippen LogP contribution in [0.1, 0.15) is 0 Å². The number of H-pyrrole nitrogens is 1. The fourth-order valence-corrected chi connectivity index (χ4v) is 1.09. The first-order valence-electron chi connectivity index (χ1n) is 4.73. The third-order valence-corrected chi connectivity index (χ3v) is 1.96. The molecule has 0 aliphatic heterocycles. The number of hydrogen-bond donors (Lipinski definition) is 2. The Labute approximate surface area is 84.5 Å². The van der Waals surface area contributed by atoms with E-state index in [1.54, 1.807) is 19.5 Å². The second kappa shape index (κ2) is 6.39. The van der Waals surface area contributed by atoms with Crippen LogP contribution in [-0.4, -0.2) is 55.3 Å². The Hall–Kier alpha value is -1.07. The number of ether oxygens (including phenoxy) is 1. The van der Waals surface area contributed by atoms with Gasteiger partial charge in [0.05, 0.1) is 6.61 Å². The van der Waals surface area contributed by atoms with Crippen molar-refractivity contribution in [3.05, 3.63) is 12.4 Å². The van der Waals surface area contributed by atoms with E-state index in [2.05, 4.69) is 27.2 Å². The van der Waals surface area contributed by atoms with Crippen LogP contribution in [0.3, 0.4) is 0 Å². The summed E-state index contributed by atoms with van der Waals surface area (Å²) in [6.45, 7) is 3.59. The number of methoxy groups -OCH3 is 1. The van der Waals surface area contributed by atoms with Crippen molar-refractivity contribution in [2.24, 2.45) is 0 Å². The van der Waals surface area contributed by atoms with E-state index < -0.39 is 0 Å². The number of aromatic amines is 1. The maximum Gasteiger partial charge on any atom is 0.200 e. The average molecular weight is 198 g/mol. The lowest BCUT2D eigenvalue weighted by atomic mass is 10.5. The van der Waals surface area contributed by atoms with Gasteiger partial charge >= 0.3 is 0 Å². The molecule has 5 nitrogen and oxygen atoms in total. The van der Waals surface area contributed by atoms with Gasteiger partial charge in [0.1, 0.15) is 0 Å². The predicted molar refractivity (Wildman–Crippen MR) is 56.5 cm³/mol. The lowest BCUT2D eigenvalue weighted by Gasteiger charge is -2.15. The molecule has 1 heterocycles. The topological polar surface area (TPSA) is 53.2 Å². The average Bonchev–Trinajstić information content (AvgIpc) is 2.67. The molecule has 5 heteroatoms. The summed E-state index contributed by atoms with van der Waals surface area (Å²) in [7, 11) is 3.79. The van der Waals surface area contributed by atoms with Crippen molar-refractivity contribution in [1.29, 1.82) is 0 Å². The van der Waals surface area contributed by atoms with Crippen LogP contribution in [0.25, 0.3) is 0 Å². The zero-order chi connectivity index (χ0) is 10.2. The largest absolute Gasteiger partial charge is 0.383 e. The Bertz CT molecular complexity index is 225. The quantitative estimate of drug-likeness (QED) is 0.666. The molecule has 0 radical (unpaired) electrons. The van der Waals surface area contributed by atoms with Crippen LogP contribution < -0.4 is 5.32 Å². The van der Waals surface area contributed by atoms with E-state index in [1.165, 1.54) is 0 Å². The molecule has 1 aromatic heterocycles. The summed E-state index contributed by atoms with van der Waals surface area (Å²) in [6.07, 6.45) is 3.54. The Morgan fingerprint density at radius 2 is 2.43 bits per heavy atom. The standard InChI is InChI=1S/C9H18N4O/c1-13(7-8-14-2)6-5-12-9-10-3-4-11-9/h3-4H,5-8H2,1-2H3,(H2,10,11,12). The molecule has 80 valence electrons. The van der Waals surface area contributed by atoms with E-state index in [1.807, 2.05) is 0 Å². The van der Waals surface area contributed by atoms with Gasteiger partial charge in [0, 0.05) is 39.1 Å². The monoisotopic (exact) mass is 198 g/mol. The highest BCUT2D eigenvalue weighted by Crippen LogP contribution is 1.93. The summed E-state index contributed by atoms with van der Waals surface area (Å²) in [4.78, 5) is 9.26. The van der Waals surface area contributed by atoms with Crippen molar-refractivity contribution in [2.45, 2.75) is 0 Å². The minimum atomic E-state index is 0.775. The number of hydrogen-bond acceptors (Lipinski definition) is 4. The smallest absolute Gasteiger partial charge is 0.200 e. The van der Waals surface area contributed by atoms with Gasteiger partial charge in [0.2, 0.25) is 0 Å². The Kier molecular flexibility index (Phi) is 5.03. The van der Waals surface area contributed by atoms with Crippen molar-refractivity contribution in [3.8, 4) is 0 Å². The van der Waals surface area contributed by atoms with Crippen LogP contribution in [0.5, 0.6) is 0 Å². The number of nitrogens with zero attached hydrogens (tertiary/aromatic N) is 2. The van der Waals surface area contributed by atoms with E-state index in [9.17, 15) is 0 Å². The lowest BCUT2D eigenvalue weighted by Crippen LogP contribution is -2.28. The van der Waals surface area contributed by atoms with Crippen molar-refractivity contribution in [1.82, 2.24) is 14.9 Å². The molecule has 0 aromatic carbocycles. The Morgan fingerprint density at radius 1 is 1.57 bits per heavy atom. The summed E-state index contributed by atoms with van der Waals surface area (Å²) >= 11 is 0. The molecule has 0 spiro atoms. The maximum absolute atomic E-state index is 4.98. The van der Waals surface area contributed by atoms with Gasteiger partial charge in [0.25, 0.3) is 0 Å². The highest BCUT2D eigenvalue weighted by Gasteiger charge is 1.97. The molecule has 2 N–H and O–H groups in total. The highest BCUT2D eigenvalue weighted by molar-refractivity contribution is 5.22. The molecule has 0 saturated carbocycles. The van der Waals surface area contributed by atoms with Gasteiger partial charge in [-0.05, 0) is 7.05 Å². The molecule has 0 aliphatic carbocycles. The molecule has 0 fully saturated rings. The minimum Gasteiger partial charge on any atom is -0.383 e. The molecule has 0 saturated heterocycles. The van der Waals surface area contributed by atoms with Crippen LogP contribution in [-0.2, 0) is 4.74 Å². The molecule has 14 heavy (non-hydrogen) atoms. The molecule has 0 unspecified atom stereocenters. The van der Waals surface area contributed by atoms with Gasteiger partial charge in [-0.3, -0.25) is 0 Å². The van der Waals surface area contributed by atoms with Crippen LogP contribution >= 0.6 is 0 Å². The second-order valence-electron chi connectivity index (χ2n) is 3.16. The first-order chi connectivity index (χ1) is 6.83.